The number of nitrogens with zero attached hydrogens (tertiary/aromatic N) is 2. The summed E-state index contributed by atoms with van der Waals surface area (Å²) in [5, 5.41) is 9.41. The summed E-state index contributed by atoms with van der Waals surface area (Å²) in [5.41, 5.74) is 9.62. The first-order valence-electron chi connectivity index (χ1n) is 11.0. The van der Waals surface area contributed by atoms with E-state index >= 15 is 0 Å². The summed E-state index contributed by atoms with van der Waals surface area (Å²) in [5.74, 6) is -0.860. The fourth-order valence-corrected chi connectivity index (χ4v) is 4.34. The first kappa shape index (κ1) is 19.9. The summed E-state index contributed by atoms with van der Waals surface area (Å²) >= 11 is 0. The third-order valence-electron chi connectivity index (χ3n) is 5.82. The molecule has 0 aliphatic carbocycles. The Balaban J connectivity index is 1.65. The largest absolute Gasteiger partial charge is 0.481 e. The van der Waals surface area contributed by atoms with Crippen molar-refractivity contribution < 1.29 is 9.90 Å². The summed E-state index contributed by atoms with van der Waals surface area (Å²) < 4.78 is 0. The number of carboxylic acids is 1. The Hall–Kier alpha value is -4.71. The number of aliphatic carboxylic acids is 1. The lowest BCUT2D eigenvalue weighted by Gasteiger charge is -2.06. The molecule has 0 saturated heterocycles. The van der Waals surface area contributed by atoms with E-state index in [-0.39, 0.29) is 6.42 Å². The summed E-state index contributed by atoms with van der Waals surface area (Å²) in [6.45, 7) is 0. The van der Waals surface area contributed by atoms with Crippen molar-refractivity contribution in [1.82, 2.24) is 19.9 Å². The second-order valence-corrected chi connectivity index (χ2v) is 8.32. The third-order valence-corrected chi connectivity index (χ3v) is 5.82. The molecule has 0 saturated carbocycles. The Labute approximate surface area is 195 Å². The summed E-state index contributed by atoms with van der Waals surface area (Å²) in [7, 11) is 0. The van der Waals surface area contributed by atoms with Crippen molar-refractivity contribution in [3.63, 3.8) is 0 Å². The highest BCUT2D eigenvalue weighted by molar-refractivity contribution is 5.90. The van der Waals surface area contributed by atoms with Crippen LogP contribution in [0.2, 0.25) is 0 Å². The highest BCUT2D eigenvalue weighted by Gasteiger charge is 2.12. The summed E-state index contributed by atoms with van der Waals surface area (Å²) in [4.78, 5) is 27.8. The van der Waals surface area contributed by atoms with E-state index in [2.05, 4.69) is 9.97 Å². The molecule has 34 heavy (non-hydrogen) atoms. The van der Waals surface area contributed by atoms with Crippen molar-refractivity contribution in [1.29, 1.82) is 0 Å². The first-order valence-corrected chi connectivity index (χ1v) is 11.0. The molecule has 2 aliphatic heterocycles. The van der Waals surface area contributed by atoms with Crippen molar-refractivity contribution in [2.75, 3.05) is 0 Å². The molecule has 6 heteroatoms. The maximum atomic E-state index is 11.5. The molecule has 4 aromatic rings. The van der Waals surface area contributed by atoms with Crippen LogP contribution in [0.15, 0.2) is 66.7 Å². The molecular formula is C28H20N4O2. The summed E-state index contributed by atoms with van der Waals surface area (Å²) in [6.07, 6.45) is 7.87. The van der Waals surface area contributed by atoms with Gasteiger partial charge in [0.25, 0.3) is 0 Å². The Bertz CT molecular complexity index is 1670. The highest BCUT2D eigenvalue weighted by Crippen LogP contribution is 2.30. The lowest BCUT2D eigenvalue weighted by atomic mass is 9.98. The molecule has 6 rings (SSSR count). The molecule has 0 radical (unpaired) electrons. The van der Waals surface area contributed by atoms with Crippen LogP contribution in [0.4, 0.5) is 0 Å². The Morgan fingerprint density at radius 2 is 1.26 bits per heavy atom. The van der Waals surface area contributed by atoms with Crippen LogP contribution in [-0.2, 0) is 11.2 Å². The Morgan fingerprint density at radius 3 is 1.91 bits per heavy atom. The van der Waals surface area contributed by atoms with Gasteiger partial charge in [0, 0.05) is 27.6 Å². The van der Waals surface area contributed by atoms with Crippen molar-refractivity contribution in [3.05, 3.63) is 95.1 Å². The van der Waals surface area contributed by atoms with Crippen molar-refractivity contribution in [3.8, 4) is 11.1 Å². The molecule has 0 atom stereocenters. The molecule has 0 unspecified atom stereocenters. The van der Waals surface area contributed by atoms with Gasteiger partial charge in [0.15, 0.2) is 0 Å². The lowest BCUT2D eigenvalue weighted by Crippen LogP contribution is -2.01. The molecule has 1 aromatic carbocycles. The Kier molecular flexibility index (Phi) is 4.70. The topological polar surface area (TPSA) is 94.7 Å². The second-order valence-electron chi connectivity index (χ2n) is 8.32. The SMILES string of the molecule is O=C(O)Cc1ccccc1-c1cc2cc3nc(cc4ccc(cc5nc(cc1[nH]2)C=C5)[nH]4)C=C3. The number of carboxylic acid groups (broad SMARTS) is 1. The highest BCUT2D eigenvalue weighted by atomic mass is 16.4. The fourth-order valence-electron chi connectivity index (χ4n) is 4.34. The quantitative estimate of drug-likeness (QED) is 0.314. The number of hydrogen-bond donors (Lipinski definition) is 3. The lowest BCUT2D eigenvalue weighted by molar-refractivity contribution is -0.136. The number of aromatic amines is 2. The van der Waals surface area contributed by atoms with E-state index in [0.29, 0.717) is 0 Å². The van der Waals surface area contributed by atoms with Gasteiger partial charge in [-0.15, -0.1) is 0 Å². The van der Waals surface area contributed by atoms with Crippen molar-refractivity contribution in [2.45, 2.75) is 6.42 Å². The molecule has 0 spiro atoms. The van der Waals surface area contributed by atoms with Crippen LogP contribution in [0.25, 0.3) is 57.5 Å². The average Bonchev–Trinajstić information content (AvgIpc) is 3.59. The molecular weight excluding hydrogens is 424 g/mol. The number of H-pyrrole nitrogens is 2. The molecule has 0 amide bonds. The Morgan fingerprint density at radius 1 is 0.676 bits per heavy atom. The van der Waals surface area contributed by atoms with Crippen LogP contribution >= 0.6 is 0 Å². The molecule has 6 nitrogen and oxygen atoms in total. The molecule has 2 aliphatic rings. The number of nitrogens with one attached hydrogen (secondary N) is 2. The van der Waals surface area contributed by atoms with Gasteiger partial charge in [-0.1, -0.05) is 24.3 Å². The fraction of sp³-hybridized carbons (Fsp3) is 0.0357. The maximum absolute atomic E-state index is 11.5. The van der Waals surface area contributed by atoms with E-state index in [1.165, 1.54) is 0 Å². The minimum Gasteiger partial charge on any atom is -0.481 e. The van der Waals surface area contributed by atoms with Crippen LogP contribution in [0.1, 0.15) is 28.3 Å². The van der Waals surface area contributed by atoms with E-state index in [0.717, 1.165) is 61.5 Å². The van der Waals surface area contributed by atoms with E-state index < -0.39 is 5.97 Å². The predicted octanol–water partition coefficient (Wildman–Crippen LogP) is 5.95. The van der Waals surface area contributed by atoms with Gasteiger partial charge in [0.1, 0.15) is 0 Å². The predicted molar refractivity (Wildman–Crippen MR) is 136 cm³/mol. The number of benzene rings is 1. The second kappa shape index (κ2) is 8.01. The summed E-state index contributed by atoms with van der Waals surface area (Å²) in [6, 6.07) is 21.7. The molecule has 3 N–H and O–H groups in total. The van der Waals surface area contributed by atoms with Gasteiger partial charge < -0.3 is 15.1 Å². The maximum Gasteiger partial charge on any atom is 0.307 e. The minimum absolute atomic E-state index is 0.0465. The first-order chi connectivity index (χ1) is 16.6. The van der Waals surface area contributed by atoms with Gasteiger partial charge >= 0.3 is 5.97 Å². The molecule has 164 valence electrons. The number of hydrogen-bond acceptors (Lipinski definition) is 3. The van der Waals surface area contributed by atoms with E-state index in [1.54, 1.807) is 0 Å². The number of carbonyl (C=O) groups is 1. The van der Waals surface area contributed by atoms with Crippen LogP contribution in [-0.4, -0.2) is 31.0 Å². The van der Waals surface area contributed by atoms with E-state index in [4.69, 9.17) is 9.97 Å². The van der Waals surface area contributed by atoms with Gasteiger partial charge in [-0.2, -0.15) is 0 Å². The van der Waals surface area contributed by atoms with Gasteiger partial charge in [-0.25, -0.2) is 9.97 Å². The number of aromatic nitrogens is 4. The standard InChI is InChI=1S/C28H20N4O2/c33-28(34)11-17-3-1-2-4-25(17)26-15-24-14-22-8-7-20(30-22)12-18-5-6-19(29-18)13-21-9-10-23(31-21)16-27(26)32-24/h1-10,12-16,29,32H,11H2,(H,33,34). The zero-order valence-corrected chi connectivity index (χ0v) is 18.1. The smallest absolute Gasteiger partial charge is 0.307 e. The van der Waals surface area contributed by atoms with Gasteiger partial charge in [-0.05, 0) is 77.9 Å². The minimum atomic E-state index is -0.860. The van der Waals surface area contributed by atoms with Gasteiger partial charge in [0.2, 0.25) is 0 Å². The van der Waals surface area contributed by atoms with Gasteiger partial charge in [-0.3, -0.25) is 4.79 Å². The van der Waals surface area contributed by atoms with E-state index in [1.807, 2.05) is 91.0 Å². The molecule has 5 heterocycles. The molecule has 0 fully saturated rings. The zero-order valence-electron chi connectivity index (χ0n) is 18.1. The normalized spacial score (nSPS) is 12.2. The molecule has 3 aromatic heterocycles. The van der Waals surface area contributed by atoms with Crippen molar-refractivity contribution in [2.24, 2.45) is 0 Å². The monoisotopic (exact) mass is 444 g/mol. The average molecular weight is 444 g/mol. The number of fused-ring (bicyclic) bond motifs is 8. The zero-order chi connectivity index (χ0) is 23.1. The number of rotatable bonds is 3. The van der Waals surface area contributed by atoms with Crippen LogP contribution < -0.4 is 0 Å². The third kappa shape index (κ3) is 3.93. The van der Waals surface area contributed by atoms with E-state index in [9.17, 15) is 9.90 Å². The van der Waals surface area contributed by atoms with Crippen LogP contribution in [0, 0.1) is 0 Å². The van der Waals surface area contributed by atoms with Crippen molar-refractivity contribution >= 4 is 52.3 Å². The van der Waals surface area contributed by atoms with Crippen LogP contribution in [0.5, 0.6) is 0 Å². The molecule has 8 bridgehead atoms. The van der Waals surface area contributed by atoms with Gasteiger partial charge in [0.05, 0.1) is 29.2 Å². The van der Waals surface area contributed by atoms with Crippen LogP contribution in [0.3, 0.4) is 0 Å².